The van der Waals surface area contributed by atoms with Gasteiger partial charge in [0.2, 0.25) is 11.8 Å². The molecule has 1 aromatic rings. The molecule has 1 aromatic carbocycles. The van der Waals surface area contributed by atoms with Crippen LogP contribution in [-0.2, 0) is 27.4 Å². The Labute approximate surface area is 194 Å². The van der Waals surface area contributed by atoms with Gasteiger partial charge in [0, 0.05) is 49.7 Å². The zero-order chi connectivity index (χ0) is 23.0. The largest absolute Gasteiger partial charge is 0.381 e. The Balaban J connectivity index is 1.33. The number of fused-ring (bicyclic) bond motifs is 1. The van der Waals surface area contributed by atoms with E-state index in [0.29, 0.717) is 31.1 Å². The van der Waals surface area contributed by atoms with Crippen LogP contribution >= 0.6 is 0 Å². The van der Waals surface area contributed by atoms with Gasteiger partial charge in [-0.25, -0.2) is 0 Å². The highest BCUT2D eigenvalue weighted by molar-refractivity contribution is 6.05. The molecule has 33 heavy (non-hydrogen) atoms. The van der Waals surface area contributed by atoms with E-state index >= 15 is 0 Å². The third-order valence-electron chi connectivity index (χ3n) is 8.19. The first-order chi connectivity index (χ1) is 16.0. The number of carbonyl (C=O) groups excluding carboxylic acids is 3. The molecule has 0 spiro atoms. The standard InChI is InChI=1S/C25H34N4O4/c26-16-25(8-11-33-12-9-25)21-3-1-2-10-28(21)14-17-4-5-18-15-29(24(32)19(18)13-17)20-6-7-22(30)27-23(20)31/h4-5,13,20-21H,1-3,6-12,14-16,26H2,(H,27,30,31). The van der Waals surface area contributed by atoms with Gasteiger partial charge in [-0.2, -0.15) is 0 Å². The van der Waals surface area contributed by atoms with Crippen molar-refractivity contribution >= 4 is 17.7 Å². The molecule has 3 N–H and O–H groups in total. The lowest BCUT2D eigenvalue weighted by atomic mass is 9.70. The third-order valence-corrected chi connectivity index (χ3v) is 8.19. The van der Waals surface area contributed by atoms with E-state index in [9.17, 15) is 14.4 Å². The van der Waals surface area contributed by atoms with E-state index < -0.39 is 6.04 Å². The van der Waals surface area contributed by atoms with Crippen LogP contribution in [-0.4, -0.2) is 65.9 Å². The minimum Gasteiger partial charge on any atom is -0.381 e. The summed E-state index contributed by atoms with van der Waals surface area (Å²) in [7, 11) is 0. The Bertz CT molecular complexity index is 942. The average Bonchev–Trinajstić information content (AvgIpc) is 3.15. The van der Waals surface area contributed by atoms with E-state index in [2.05, 4.69) is 16.3 Å². The maximum Gasteiger partial charge on any atom is 0.255 e. The zero-order valence-corrected chi connectivity index (χ0v) is 19.2. The molecule has 4 aliphatic heterocycles. The highest BCUT2D eigenvalue weighted by Crippen LogP contribution is 2.41. The van der Waals surface area contributed by atoms with Gasteiger partial charge >= 0.3 is 0 Å². The van der Waals surface area contributed by atoms with Crippen molar-refractivity contribution in [1.29, 1.82) is 0 Å². The van der Waals surface area contributed by atoms with Gasteiger partial charge in [-0.05, 0) is 62.4 Å². The quantitative estimate of drug-likeness (QED) is 0.655. The van der Waals surface area contributed by atoms with Gasteiger partial charge in [0.15, 0.2) is 0 Å². The molecule has 2 atom stereocenters. The molecule has 5 rings (SSSR count). The maximum atomic E-state index is 13.2. The Hall–Kier alpha value is -2.29. The molecule has 8 heteroatoms. The molecule has 0 saturated carbocycles. The van der Waals surface area contributed by atoms with Gasteiger partial charge in [0.25, 0.3) is 5.91 Å². The Morgan fingerprint density at radius 1 is 1.12 bits per heavy atom. The number of likely N-dealkylation sites (tertiary alicyclic amines) is 1. The molecule has 178 valence electrons. The van der Waals surface area contributed by atoms with E-state index in [4.69, 9.17) is 10.5 Å². The molecule has 0 radical (unpaired) electrons. The van der Waals surface area contributed by atoms with E-state index in [1.165, 1.54) is 12.8 Å². The number of ether oxygens (including phenoxy) is 1. The number of piperidine rings is 2. The number of rotatable bonds is 5. The predicted molar refractivity (Wildman–Crippen MR) is 122 cm³/mol. The summed E-state index contributed by atoms with van der Waals surface area (Å²) in [4.78, 5) is 41.2. The lowest BCUT2D eigenvalue weighted by Crippen LogP contribution is -2.55. The topological polar surface area (TPSA) is 105 Å². The van der Waals surface area contributed by atoms with Gasteiger partial charge < -0.3 is 15.4 Å². The first-order valence-electron chi connectivity index (χ1n) is 12.3. The van der Waals surface area contributed by atoms with E-state index in [1.807, 2.05) is 12.1 Å². The van der Waals surface area contributed by atoms with Gasteiger partial charge in [0.1, 0.15) is 6.04 Å². The number of hydrogen-bond acceptors (Lipinski definition) is 6. The molecule has 3 fully saturated rings. The molecule has 0 aliphatic carbocycles. The number of nitrogens with one attached hydrogen (secondary N) is 1. The van der Waals surface area contributed by atoms with Gasteiger partial charge in [-0.15, -0.1) is 0 Å². The van der Waals surface area contributed by atoms with E-state index in [-0.39, 0.29) is 29.6 Å². The summed E-state index contributed by atoms with van der Waals surface area (Å²) < 4.78 is 5.64. The minimum absolute atomic E-state index is 0.105. The summed E-state index contributed by atoms with van der Waals surface area (Å²) in [5.74, 6) is -0.745. The van der Waals surface area contributed by atoms with Crippen LogP contribution in [0.25, 0.3) is 0 Å². The minimum atomic E-state index is -0.574. The summed E-state index contributed by atoms with van der Waals surface area (Å²) in [6.45, 7) is 4.51. The first-order valence-corrected chi connectivity index (χ1v) is 12.3. The Morgan fingerprint density at radius 2 is 1.94 bits per heavy atom. The highest BCUT2D eigenvalue weighted by atomic mass is 16.5. The molecule has 0 aromatic heterocycles. The van der Waals surface area contributed by atoms with Crippen molar-refractivity contribution in [2.45, 2.75) is 70.1 Å². The van der Waals surface area contributed by atoms with Crippen molar-refractivity contribution in [2.24, 2.45) is 11.1 Å². The normalized spacial score (nSPS) is 28.0. The second-order valence-electron chi connectivity index (χ2n) is 10.1. The van der Waals surface area contributed by atoms with Crippen molar-refractivity contribution in [3.05, 3.63) is 34.9 Å². The van der Waals surface area contributed by atoms with Crippen LogP contribution in [0.1, 0.15) is 66.4 Å². The molecule has 3 amide bonds. The van der Waals surface area contributed by atoms with Gasteiger partial charge in [-0.3, -0.25) is 24.6 Å². The van der Waals surface area contributed by atoms with Crippen molar-refractivity contribution < 1.29 is 19.1 Å². The van der Waals surface area contributed by atoms with E-state index in [1.54, 1.807) is 4.90 Å². The van der Waals surface area contributed by atoms with Crippen LogP contribution in [0.15, 0.2) is 18.2 Å². The summed E-state index contributed by atoms with van der Waals surface area (Å²) in [6, 6.07) is 6.01. The van der Waals surface area contributed by atoms with Crippen LogP contribution in [0, 0.1) is 5.41 Å². The first kappa shape index (κ1) is 22.5. The van der Waals surface area contributed by atoms with Crippen molar-refractivity contribution in [3.8, 4) is 0 Å². The zero-order valence-electron chi connectivity index (χ0n) is 19.2. The Morgan fingerprint density at radius 3 is 2.70 bits per heavy atom. The molecule has 0 bridgehead atoms. The summed E-state index contributed by atoms with van der Waals surface area (Å²) in [6.07, 6.45) is 6.24. The number of nitrogens with zero attached hydrogens (tertiary/aromatic N) is 2. The summed E-state index contributed by atoms with van der Waals surface area (Å²) in [5.41, 5.74) is 9.20. The fourth-order valence-corrected chi connectivity index (χ4v) is 6.26. The summed E-state index contributed by atoms with van der Waals surface area (Å²) >= 11 is 0. The lowest BCUT2D eigenvalue weighted by Gasteiger charge is -2.50. The molecule has 2 unspecified atom stereocenters. The van der Waals surface area contributed by atoms with Crippen LogP contribution in [0.5, 0.6) is 0 Å². The van der Waals surface area contributed by atoms with Crippen LogP contribution in [0.2, 0.25) is 0 Å². The SMILES string of the molecule is NCC1(C2CCCCN2Cc2ccc3c(c2)C(=O)N(C2CCC(=O)NC2=O)C3)CCOCC1. The number of imide groups is 1. The number of carbonyl (C=O) groups is 3. The average molecular weight is 455 g/mol. The fraction of sp³-hybridized carbons (Fsp3) is 0.640. The second-order valence-corrected chi connectivity index (χ2v) is 10.1. The second kappa shape index (κ2) is 9.16. The number of hydrogen-bond donors (Lipinski definition) is 2. The molecule has 8 nitrogen and oxygen atoms in total. The van der Waals surface area contributed by atoms with Crippen molar-refractivity contribution in [2.75, 3.05) is 26.3 Å². The molecular formula is C25H34N4O4. The maximum absolute atomic E-state index is 13.2. The summed E-state index contributed by atoms with van der Waals surface area (Å²) in [5, 5.41) is 2.37. The van der Waals surface area contributed by atoms with Gasteiger partial charge in [0.05, 0.1) is 0 Å². The molecule has 4 heterocycles. The lowest BCUT2D eigenvalue weighted by molar-refractivity contribution is -0.136. The highest BCUT2D eigenvalue weighted by Gasteiger charge is 2.43. The number of benzene rings is 1. The van der Waals surface area contributed by atoms with Crippen molar-refractivity contribution in [1.82, 2.24) is 15.1 Å². The smallest absolute Gasteiger partial charge is 0.255 e. The Kier molecular flexibility index (Phi) is 6.24. The molecular weight excluding hydrogens is 420 g/mol. The van der Waals surface area contributed by atoms with Crippen molar-refractivity contribution in [3.63, 3.8) is 0 Å². The number of nitrogens with two attached hydrogens (primary N) is 1. The number of amides is 3. The predicted octanol–water partition coefficient (Wildman–Crippen LogP) is 1.56. The van der Waals surface area contributed by atoms with Gasteiger partial charge in [-0.1, -0.05) is 18.6 Å². The monoisotopic (exact) mass is 454 g/mol. The fourth-order valence-electron chi connectivity index (χ4n) is 6.26. The van der Waals surface area contributed by atoms with Crippen LogP contribution in [0.3, 0.4) is 0 Å². The molecule has 3 saturated heterocycles. The molecule has 4 aliphatic rings. The van der Waals surface area contributed by atoms with E-state index in [0.717, 1.165) is 56.7 Å². The van der Waals surface area contributed by atoms with Crippen LogP contribution < -0.4 is 11.1 Å². The van der Waals surface area contributed by atoms with Crippen LogP contribution in [0.4, 0.5) is 0 Å². The third kappa shape index (κ3) is 4.20.